The number of carboxylic acid groups (broad SMARTS) is 1. The summed E-state index contributed by atoms with van der Waals surface area (Å²) in [6.07, 6.45) is 5.45. The number of fused-ring (bicyclic) bond motifs is 3. The number of nitrogens with zero attached hydrogens (tertiary/aromatic N) is 4. The molecule has 14 nitrogen and oxygen atoms in total. The van der Waals surface area contributed by atoms with Gasteiger partial charge in [0.1, 0.15) is 40.2 Å². The van der Waals surface area contributed by atoms with Crippen molar-refractivity contribution < 1.29 is 38.5 Å². The Morgan fingerprint density at radius 1 is 1.14 bits per heavy atom. The number of hydrogen-bond donors (Lipinski definition) is 3. The molecule has 2 aliphatic heterocycles. The van der Waals surface area contributed by atoms with Gasteiger partial charge in [-0.05, 0) is 70.0 Å². The van der Waals surface area contributed by atoms with E-state index in [0.717, 1.165) is 24.1 Å². The number of aliphatic carboxylic acids is 1. The number of ether oxygens (including phenoxy) is 3. The largest absolute Gasteiger partial charge is 0.497 e. The average molecular weight is 707 g/mol. The lowest BCUT2D eigenvalue weighted by Crippen LogP contribution is -2.58. The Labute approximate surface area is 293 Å². The molecule has 266 valence electrons. The molecule has 4 heterocycles. The minimum Gasteiger partial charge on any atom is -0.497 e. The van der Waals surface area contributed by atoms with Crippen LogP contribution in [0.4, 0.5) is 9.59 Å². The van der Waals surface area contributed by atoms with Gasteiger partial charge >= 0.3 is 18.1 Å². The summed E-state index contributed by atoms with van der Waals surface area (Å²) in [7, 11) is 1.56. The molecular weight excluding hydrogens is 664 g/mol. The van der Waals surface area contributed by atoms with Crippen molar-refractivity contribution in [1.29, 1.82) is 0 Å². The second-order valence-electron chi connectivity index (χ2n) is 13.8. The second kappa shape index (κ2) is 14.1. The van der Waals surface area contributed by atoms with E-state index in [0.29, 0.717) is 34.5 Å². The highest BCUT2D eigenvalue weighted by atomic mass is 32.1. The Balaban J connectivity index is 1.35. The lowest BCUT2D eigenvalue weighted by atomic mass is 10.1. The van der Waals surface area contributed by atoms with E-state index in [4.69, 9.17) is 14.2 Å². The fraction of sp³-hybridized carbons (Fsp3) is 0.486. The number of nitrogens with one attached hydrogen (secondary N) is 2. The van der Waals surface area contributed by atoms with Crippen LogP contribution in [0.1, 0.15) is 59.3 Å². The van der Waals surface area contributed by atoms with Crippen molar-refractivity contribution >= 4 is 46.2 Å². The van der Waals surface area contributed by atoms with Crippen LogP contribution >= 0.6 is 11.3 Å². The van der Waals surface area contributed by atoms with Gasteiger partial charge in [-0.1, -0.05) is 24.6 Å². The summed E-state index contributed by atoms with van der Waals surface area (Å²) in [4.78, 5) is 55.9. The smallest absolute Gasteiger partial charge is 0.426 e. The van der Waals surface area contributed by atoms with Crippen LogP contribution in [-0.2, 0) is 14.3 Å². The maximum atomic E-state index is 14.3. The van der Waals surface area contributed by atoms with Gasteiger partial charge in [0.15, 0.2) is 5.75 Å². The number of allylic oxidation sites excluding steroid dienone is 1. The predicted molar refractivity (Wildman–Crippen MR) is 185 cm³/mol. The Hall–Kier alpha value is -4.92. The van der Waals surface area contributed by atoms with Crippen LogP contribution in [0.3, 0.4) is 0 Å². The van der Waals surface area contributed by atoms with Crippen LogP contribution in [0.15, 0.2) is 47.9 Å². The first kappa shape index (κ1) is 34.9. The maximum absolute atomic E-state index is 14.3. The Bertz CT molecular complexity index is 1790. The summed E-state index contributed by atoms with van der Waals surface area (Å²) in [5.74, 6) is -1.09. The number of rotatable bonds is 6. The number of carbonyl (C=O) groups is 4. The molecule has 2 aromatic heterocycles. The normalized spacial score (nSPS) is 25.0. The number of urea groups is 1. The fourth-order valence-corrected chi connectivity index (χ4v) is 7.10. The van der Waals surface area contributed by atoms with Crippen molar-refractivity contribution in [2.45, 2.75) is 82.6 Å². The molecule has 0 radical (unpaired) electrons. The minimum absolute atomic E-state index is 0.0311. The molecule has 2 fully saturated rings. The zero-order chi connectivity index (χ0) is 35.6. The number of aromatic nitrogens is 2. The van der Waals surface area contributed by atoms with Crippen molar-refractivity contribution in [3.05, 3.63) is 47.9 Å². The zero-order valence-electron chi connectivity index (χ0n) is 28.5. The molecule has 1 saturated carbocycles. The number of thiophene rings is 1. The quantitative estimate of drug-likeness (QED) is 0.292. The van der Waals surface area contributed by atoms with Gasteiger partial charge < -0.3 is 29.5 Å². The molecule has 4 unspecified atom stereocenters. The van der Waals surface area contributed by atoms with Gasteiger partial charge in [0.2, 0.25) is 5.91 Å². The number of benzene rings is 1. The summed E-state index contributed by atoms with van der Waals surface area (Å²) in [5, 5.41) is 25.6. The van der Waals surface area contributed by atoms with Gasteiger partial charge in [0.05, 0.1) is 18.5 Å². The van der Waals surface area contributed by atoms with Crippen LogP contribution in [0.5, 0.6) is 11.5 Å². The van der Waals surface area contributed by atoms with Crippen LogP contribution < -0.4 is 20.2 Å². The van der Waals surface area contributed by atoms with E-state index < -0.39 is 47.3 Å². The lowest BCUT2D eigenvalue weighted by Gasteiger charge is -2.32. The molecule has 3 aromatic rings. The van der Waals surface area contributed by atoms with E-state index in [1.807, 2.05) is 35.7 Å². The van der Waals surface area contributed by atoms with E-state index in [1.54, 1.807) is 40.0 Å². The lowest BCUT2D eigenvalue weighted by molar-refractivity contribution is -0.144. The maximum Gasteiger partial charge on any atom is 0.426 e. The molecule has 3 N–H and O–H groups in total. The Kier molecular flexibility index (Phi) is 9.87. The monoisotopic (exact) mass is 706 g/mol. The molecule has 0 bridgehead atoms. The van der Waals surface area contributed by atoms with Gasteiger partial charge in [-0.15, -0.1) is 21.5 Å². The highest BCUT2D eigenvalue weighted by molar-refractivity contribution is 7.13. The van der Waals surface area contributed by atoms with E-state index in [2.05, 4.69) is 20.9 Å². The number of carbonyl (C=O) groups excluding carboxylic acids is 3. The number of carboxylic acids is 1. The molecule has 0 spiro atoms. The number of methoxy groups -OCH3 is 1. The average Bonchev–Trinajstić information content (AvgIpc) is 3.37. The standard InChI is InChI=1S/C35H42N6O8S/c1-34(2,3)49-32(45)39-41-15-9-7-5-6-8-11-21-19-35(21,31(43)44)36-30(42)26-18-23(20-40(26)33(41)46)48-29-24-14-13-22(47-4)17-25(24)37-38-28(29)27-12-10-16-50-27/h8,10-14,16-17,21,23,26H,5-7,9,15,18-20H2,1-4H3,(H,36,42)(H,39,45)(H,43,44)/b11-8-. The van der Waals surface area contributed by atoms with Crippen molar-refractivity contribution in [3.8, 4) is 22.1 Å². The summed E-state index contributed by atoms with van der Waals surface area (Å²) in [6, 6.07) is 7.42. The SMILES string of the molecule is COc1ccc2c(OC3CC4C(=O)NC5(C(=O)O)CC5/C=C\CCCCCN(NC(=O)OC(C)(C)C)C(=O)N4C3)c(-c3cccs3)nnc2c1. The molecule has 1 aliphatic carbocycles. The van der Waals surface area contributed by atoms with E-state index >= 15 is 0 Å². The third-order valence-corrected chi connectivity index (χ3v) is 9.87. The van der Waals surface area contributed by atoms with Crippen molar-refractivity contribution in [1.82, 2.24) is 30.8 Å². The minimum atomic E-state index is -1.47. The highest BCUT2D eigenvalue weighted by Crippen LogP contribution is 2.46. The van der Waals surface area contributed by atoms with E-state index in [-0.39, 0.29) is 31.8 Å². The molecule has 3 aliphatic rings. The van der Waals surface area contributed by atoms with E-state index in [1.165, 1.54) is 21.2 Å². The molecule has 1 aromatic carbocycles. The van der Waals surface area contributed by atoms with Crippen molar-refractivity contribution in [3.63, 3.8) is 0 Å². The number of hydrogen-bond acceptors (Lipinski definition) is 10. The first-order chi connectivity index (χ1) is 23.9. The van der Waals surface area contributed by atoms with Gasteiger partial charge in [-0.25, -0.2) is 24.8 Å². The molecule has 4 amide bonds. The molecular formula is C35H42N6O8S. The zero-order valence-corrected chi connectivity index (χ0v) is 29.3. The van der Waals surface area contributed by atoms with Gasteiger partial charge in [0, 0.05) is 30.3 Å². The molecule has 4 atom stereocenters. The van der Waals surface area contributed by atoms with Crippen LogP contribution in [0.2, 0.25) is 0 Å². The molecule has 6 rings (SSSR count). The fourth-order valence-electron chi connectivity index (χ4n) is 6.39. The summed E-state index contributed by atoms with van der Waals surface area (Å²) >= 11 is 1.47. The molecule has 1 saturated heterocycles. The Morgan fingerprint density at radius 2 is 1.96 bits per heavy atom. The highest BCUT2D eigenvalue weighted by Gasteiger charge is 2.61. The van der Waals surface area contributed by atoms with Crippen LogP contribution in [0.25, 0.3) is 21.5 Å². The van der Waals surface area contributed by atoms with E-state index in [9.17, 15) is 24.3 Å². The Morgan fingerprint density at radius 3 is 2.68 bits per heavy atom. The number of amides is 4. The first-order valence-corrected chi connectivity index (χ1v) is 17.6. The first-order valence-electron chi connectivity index (χ1n) is 16.7. The molecule has 50 heavy (non-hydrogen) atoms. The topological polar surface area (TPSA) is 173 Å². The van der Waals surface area contributed by atoms with Gasteiger partial charge in [0.25, 0.3) is 0 Å². The summed E-state index contributed by atoms with van der Waals surface area (Å²) < 4.78 is 17.5. The van der Waals surface area contributed by atoms with Crippen molar-refractivity contribution in [2.75, 3.05) is 20.2 Å². The van der Waals surface area contributed by atoms with Crippen molar-refractivity contribution in [2.24, 2.45) is 5.92 Å². The second-order valence-corrected chi connectivity index (χ2v) is 14.7. The summed E-state index contributed by atoms with van der Waals surface area (Å²) in [6.45, 7) is 5.30. The predicted octanol–water partition coefficient (Wildman–Crippen LogP) is 5.14. The molecule has 15 heteroatoms. The number of hydrazine groups is 1. The third-order valence-electron chi connectivity index (χ3n) is 8.99. The van der Waals surface area contributed by atoms with Crippen LogP contribution in [-0.4, -0.2) is 92.7 Å². The van der Waals surface area contributed by atoms with Crippen LogP contribution in [0, 0.1) is 5.92 Å². The van der Waals surface area contributed by atoms with Gasteiger partial charge in [-0.2, -0.15) is 0 Å². The summed E-state index contributed by atoms with van der Waals surface area (Å²) in [5.41, 5.74) is 1.34. The third kappa shape index (κ3) is 7.47. The van der Waals surface area contributed by atoms with Gasteiger partial charge in [-0.3, -0.25) is 4.79 Å².